The Balaban J connectivity index is 1.42. The third-order valence-corrected chi connectivity index (χ3v) is 4.62. The van der Waals surface area contributed by atoms with Crippen LogP contribution in [0.25, 0.3) is 11.0 Å². The first-order chi connectivity index (χ1) is 12.8. The summed E-state index contributed by atoms with van der Waals surface area (Å²) in [5.41, 5.74) is -0.509. The normalized spacial score (nSPS) is 17.0. The van der Waals surface area contributed by atoms with Crippen molar-refractivity contribution in [2.45, 2.75) is 25.4 Å². The molecule has 4 rings (SSSR count). The van der Waals surface area contributed by atoms with Crippen molar-refractivity contribution in [3.05, 3.63) is 52.7 Å². The van der Waals surface area contributed by atoms with Crippen molar-refractivity contribution >= 4 is 11.0 Å². The minimum atomic E-state index is -4.40. The van der Waals surface area contributed by atoms with Crippen LogP contribution >= 0.6 is 0 Å². The van der Waals surface area contributed by atoms with Crippen LogP contribution in [0.1, 0.15) is 18.7 Å². The molecule has 1 N–H and O–H groups in total. The SMILES string of the molecule is C[C@H](N1CC(Oc2cccc(C(F)(F)F)c2)C1)n1ncc2c(=O)[nH]cnc21. The van der Waals surface area contributed by atoms with Crippen LogP contribution in [-0.2, 0) is 6.18 Å². The average molecular weight is 379 g/mol. The first-order valence-electron chi connectivity index (χ1n) is 8.32. The molecule has 1 aliphatic heterocycles. The Bertz CT molecular complexity index is 1020. The summed E-state index contributed by atoms with van der Waals surface area (Å²) in [6.45, 7) is 2.97. The van der Waals surface area contributed by atoms with Crippen molar-refractivity contribution < 1.29 is 17.9 Å². The number of H-pyrrole nitrogens is 1. The van der Waals surface area contributed by atoms with Crippen molar-refractivity contribution in [3.8, 4) is 5.75 Å². The van der Waals surface area contributed by atoms with E-state index in [1.807, 2.05) is 11.8 Å². The minimum absolute atomic E-state index is 0.168. The van der Waals surface area contributed by atoms with Gasteiger partial charge in [-0.2, -0.15) is 18.3 Å². The quantitative estimate of drug-likeness (QED) is 0.754. The monoisotopic (exact) mass is 379 g/mol. The highest BCUT2D eigenvalue weighted by Crippen LogP contribution is 2.32. The summed E-state index contributed by atoms with van der Waals surface area (Å²) >= 11 is 0. The second-order valence-corrected chi connectivity index (χ2v) is 6.41. The summed E-state index contributed by atoms with van der Waals surface area (Å²) in [7, 11) is 0. The van der Waals surface area contributed by atoms with Crippen molar-refractivity contribution in [2.75, 3.05) is 13.1 Å². The van der Waals surface area contributed by atoms with Crippen LogP contribution in [0.2, 0.25) is 0 Å². The van der Waals surface area contributed by atoms with Crippen molar-refractivity contribution in [1.29, 1.82) is 0 Å². The molecule has 1 fully saturated rings. The number of benzene rings is 1. The molecular formula is C17H16F3N5O2. The smallest absolute Gasteiger partial charge is 0.416 e. The molecule has 27 heavy (non-hydrogen) atoms. The molecule has 0 radical (unpaired) electrons. The number of aromatic amines is 1. The largest absolute Gasteiger partial charge is 0.488 e. The highest BCUT2D eigenvalue weighted by Gasteiger charge is 2.35. The Kier molecular flexibility index (Phi) is 4.14. The molecule has 0 bridgehead atoms. The van der Waals surface area contributed by atoms with E-state index in [0.717, 1.165) is 12.1 Å². The predicted octanol–water partition coefficient (Wildman–Crippen LogP) is 2.42. The fraction of sp³-hybridized carbons (Fsp3) is 0.353. The van der Waals surface area contributed by atoms with Gasteiger partial charge in [0, 0.05) is 13.1 Å². The number of rotatable bonds is 4. The number of hydrogen-bond donors (Lipinski definition) is 1. The van der Waals surface area contributed by atoms with E-state index in [4.69, 9.17) is 4.74 Å². The summed E-state index contributed by atoms with van der Waals surface area (Å²) in [4.78, 5) is 20.5. The third-order valence-electron chi connectivity index (χ3n) is 4.62. The molecule has 0 saturated carbocycles. The van der Waals surface area contributed by atoms with E-state index in [9.17, 15) is 18.0 Å². The maximum absolute atomic E-state index is 12.8. The van der Waals surface area contributed by atoms with Gasteiger partial charge in [0.2, 0.25) is 0 Å². The summed E-state index contributed by atoms with van der Waals surface area (Å²) in [5.74, 6) is 0.194. The van der Waals surface area contributed by atoms with E-state index in [2.05, 4.69) is 15.1 Å². The van der Waals surface area contributed by atoms with Gasteiger partial charge in [-0.1, -0.05) is 6.07 Å². The van der Waals surface area contributed by atoms with E-state index < -0.39 is 11.7 Å². The summed E-state index contributed by atoms with van der Waals surface area (Å²) in [6.07, 6.45) is -1.99. The number of hydrogen-bond acceptors (Lipinski definition) is 5. The molecule has 3 heterocycles. The number of ether oxygens (including phenoxy) is 1. The van der Waals surface area contributed by atoms with Crippen LogP contribution in [0.5, 0.6) is 5.75 Å². The summed E-state index contributed by atoms with van der Waals surface area (Å²) in [6, 6.07) is 4.86. The van der Waals surface area contributed by atoms with Gasteiger partial charge in [0.15, 0.2) is 5.65 Å². The molecule has 1 aliphatic rings. The zero-order valence-electron chi connectivity index (χ0n) is 14.3. The Morgan fingerprint density at radius 1 is 1.33 bits per heavy atom. The van der Waals surface area contributed by atoms with Crippen LogP contribution in [-0.4, -0.2) is 43.8 Å². The van der Waals surface area contributed by atoms with Gasteiger partial charge in [0.25, 0.3) is 5.56 Å². The lowest BCUT2D eigenvalue weighted by molar-refractivity contribution is -0.137. The summed E-state index contributed by atoms with van der Waals surface area (Å²) < 4.78 is 45.6. The molecule has 0 amide bonds. The van der Waals surface area contributed by atoms with E-state index >= 15 is 0 Å². The second kappa shape index (κ2) is 6.38. The molecule has 2 aromatic heterocycles. The number of aromatic nitrogens is 4. The lowest BCUT2D eigenvalue weighted by atomic mass is 10.1. The predicted molar refractivity (Wildman–Crippen MR) is 90.3 cm³/mol. The molecule has 1 saturated heterocycles. The minimum Gasteiger partial charge on any atom is -0.488 e. The number of halogens is 3. The Morgan fingerprint density at radius 2 is 2.11 bits per heavy atom. The maximum atomic E-state index is 12.8. The van der Waals surface area contributed by atoms with E-state index in [-0.39, 0.29) is 23.6 Å². The molecule has 3 aromatic rings. The van der Waals surface area contributed by atoms with Crippen LogP contribution in [0.15, 0.2) is 41.6 Å². The number of nitrogens with one attached hydrogen (secondary N) is 1. The Labute approximate surface area is 151 Å². The Morgan fingerprint density at radius 3 is 2.85 bits per heavy atom. The van der Waals surface area contributed by atoms with E-state index in [1.165, 1.54) is 24.7 Å². The number of fused-ring (bicyclic) bond motifs is 1. The highest BCUT2D eigenvalue weighted by molar-refractivity contribution is 5.72. The fourth-order valence-corrected chi connectivity index (χ4v) is 3.09. The molecule has 10 heteroatoms. The van der Waals surface area contributed by atoms with Gasteiger partial charge in [0.1, 0.15) is 23.4 Å². The van der Waals surface area contributed by atoms with Gasteiger partial charge in [-0.15, -0.1) is 0 Å². The molecule has 1 atom stereocenters. The number of likely N-dealkylation sites (tertiary alicyclic amines) is 1. The lowest BCUT2D eigenvalue weighted by Gasteiger charge is -2.42. The lowest BCUT2D eigenvalue weighted by Crippen LogP contribution is -2.55. The zero-order chi connectivity index (χ0) is 19.2. The first kappa shape index (κ1) is 17.5. The number of alkyl halides is 3. The van der Waals surface area contributed by atoms with Gasteiger partial charge in [-0.3, -0.25) is 9.69 Å². The van der Waals surface area contributed by atoms with E-state index in [0.29, 0.717) is 24.1 Å². The van der Waals surface area contributed by atoms with Gasteiger partial charge >= 0.3 is 6.18 Å². The van der Waals surface area contributed by atoms with E-state index in [1.54, 1.807) is 4.68 Å². The molecule has 0 aliphatic carbocycles. The third kappa shape index (κ3) is 3.27. The molecule has 142 valence electrons. The highest BCUT2D eigenvalue weighted by atomic mass is 19.4. The van der Waals surface area contributed by atoms with Crippen molar-refractivity contribution in [3.63, 3.8) is 0 Å². The van der Waals surface area contributed by atoms with Crippen LogP contribution in [0, 0.1) is 0 Å². The molecule has 7 nitrogen and oxygen atoms in total. The second-order valence-electron chi connectivity index (χ2n) is 6.41. The Hall–Kier alpha value is -2.88. The molecule has 0 spiro atoms. The van der Waals surface area contributed by atoms with Gasteiger partial charge in [-0.25, -0.2) is 9.67 Å². The zero-order valence-corrected chi connectivity index (χ0v) is 14.3. The molecular weight excluding hydrogens is 363 g/mol. The van der Waals surface area contributed by atoms with Crippen molar-refractivity contribution in [2.24, 2.45) is 0 Å². The topological polar surface area (TPSA) is 76.0 Å². The first-order valence-corrected chi connectivity index (χ1v) is 8.32. The maximum Gasteiger partial charge on any atom is 0.416 e. The fourth-order valence-electron chi connectivity index (χ4n) is 3.09. The van der Waals surface area contributed by atoms with Gasteiger partial charge in [0.05, 0.1) is 18.1 Å². The number of nitrogens with zero attached hydrogens (tertiary/aromatic N) is 4. The standard InChI is InChI=1S/C17H16F3N5O2/c1-10(25-15-14(6-23-25)16(26)22-9-21-15)24-7-13(8-24)27-12-4-2-3-11(5-12)17(18,19)20/h2-6,9-10,13H,7-8H2,1H3,(H,21,22,26)/t10-/m1/s1. The van der Waals surface area contributed by atoms with Gasteiger partial charge < -0.3 is 9.72 Å². The summed E-state index contributed by atoms with van der Waals surface area (Å²) in [5, 5.41) is 4.64. The molecule has 1 aromatic carbocycles. The molecule has 0 unspecified atom stereocenters. The average Bonchev–Trinajstić information content (AvgIpc) is 3.02. The van der Waals surface area contributed by atoms with Crippen LogP contribution in [0.3, 0.4) is 0 Å². The van der Waals surface area contributed by atoms with Crippen LogP contribution in [0.4, 0.5) is 13.2 Å². The van der Waals surface area contributed by atoms with Crippen LogP contribution < -0.4 is 10.3 Å². The van der Waals surface area contributed by atoms with Crippen molar-refractivity contribution in [1.82, 2.24) is 24.6 Å². The van der Waals surface area contributed by atoms with Gasteiger partial charge in [-0.05, 0) is 25.1 Å².